The maximum atomic E-state index is 5.28. The van der Waals surface area contributed by atoms with Crippen LogP contribution in [-0.2, 0) is 4.74 Å². The van der Waals surface area contributed by atoms with Crippen LogP contribution in [0.3, 0.4) is 0 Å². The van der Waals surface area contributed by atoms with Crippen LogP contribution in [0.1, 0.15) is 25.7 Å². The van der Waals surface area contributed by atoms with Gasteiger partial charge in [-0.1, -0.05) is 12.8 Å². The third kappa shape index (κ3) is 2.52. The van der Waals surface area contributed by atoms with Crippen LogP contribution < -0.4 is 0 Å². The predicted octanol–water partition coefficient (Wildman–Crippen LogP) is 0.945. The molecule has 3 rings (SSSR count). The number of epoxide rings is 1. The van der Waals surface area contributed by atoms with E-state index in [9.17, 15) is 0 Å². The van der Waals surface area contributed by atoms with Gasteiger partial charge in [0.1, 0.15) is 0 Å². The molecule has 86 valence electrons. The van der Waals surface area contributed by atoms with Crippen LogP contribution in [0.5, 0.6) is 0 Å². The number of rotatable bonds is 3. The first-order valence-electron chi connectivity index (χ1n) is 6.50. The number of ether oxygens (including phenoxy) is 1. The first-order valence-corrected chi connectivity index (χ1v) is 6.50. The lowest BCUT2D eigenvalue weighted by Crippen LogP contribution is -2.50. The minimum absolute atomic E-state index is 0.572. The molecule has 0 aromatic carbocycles. The summed E-state index contributed by atoms with van der Waals surface area (Å²) in [6.07, 6.45) is 6.39. The lowest BCUT2D eigenvalue weighted by Gasteiger charge is -2.37. The van der Waals surface area contributed by atoms with Gasteiger partial charge in [0.25, 0.3) is 0 Å². The highest BCUT2D eigenvalue weighted by atomic mass is 16.6. The molecule has 0 bridgehead atoms. The first kappa shape index (κ1) is 10.1. The molecule has 15 heavy (non-hydrogen) atoms. The van der Waals surface area contributed by atoms with E-state index in [1.54, 1.807) is 0 Å². The average molecular weight is 210 g/mol. The summed E-state index contributed by atoms with van der Waals surface area (Å²) in [6.45, 7) is 7.28. The van der Waals surface area contributed by atoms with E-state index in [2.05, 4.69) is 9.80 Å². The highest BCUT2D eigenvalue weighted by Crippen LogP contribution is 2.24. The molecule has 0 aromatic heterocycles. The molecule has 2 aliphatic heterocycles. The Morgan fingerprint density at radius 1 is 1.00 bits per heavy atom. The SMILES string of the molecule is C1CCC(N2CCN(CC3CO3)CC2)C1. The zero-order valence-electron chi connectivity index (χ0n) is 9.53. The van der Waals surface area contributed by atoms with Crippen LogP contribution in [0.2, 0.25) is 0 Å². The number of hydrogen-bond donors (Lipinski definition) is 0. The van der Waals surface area contributed by atoms with Crippen LogP contribution >= 0.6 is 0 Å². The number of nitrogens with zero attached hydrogens (tertiary/aromatic N) is 2. The highest BCUT2D eigenvalue weighted by molar-refractivity contribution is 4.84. The molecule has 3 nitrogen and oxygen atoms in total. The van der Waals surface area contributed by atoms with Gasteiger partial charge in [0.2, 0.25) is 0 Å². The maximum absolute atomic E-state index is 5.28. The van der Waals surface area contributed by atoms with Crippen molar-refractivity contribution in [2.45, 2.75) is 37.8 Å². The fourth-order valence-corrected chi connectivity index (χ4v) is 3.04. The van der Waals surface area contributed by atoms with Gasteiger partial charge in [0.05, 0.1) is 12.7 Å². The van der Waals surface area contributed by atoms with Gasteiger partial charge in [0, 0.05) is 38.8 Å². The van der Waals surface area contributed by atoms with Crippen LogP contribution in [0.25, 0.3) is 0 Å². The Hall–Kier alpha value is -0.120. The molecule has 3 aliphatic rings. The smallest absolute Gasteiger partial charge is 0.0936 e. The zero-order chi connectivity index (χ0) is 10.1. The fraction of sp³-hybridized carbons (Fsp3) is 1.00. The summed E-state index contributed by atoms with van der Waals surface area (Å²) >= 11 is 0. The second kappa shape index (κ2) is 4.40. The van der Waals surface area contributed by atoms with Crippen LogP contribution in [0, 0.1) is 0 Å². The van der Waals surface area contributed by atoms with Crippen molar-refractivity contribution in [3.8, 4) is 0 Å². The quantitative estimate of drug-likeness (QED) is 0.646. The lowest BCUT2D eigenvalue weighted by atomic mass is 10.2. The molecule has 0 spiro atoms. The largest absolute Gasteiger partial charge is 0.372 e. The number of hydrogen-bond acceptors (Lipinski definition) is 3. The summed E-state index contributed by atoms with van der Waals surface area (Å²) in [5.41, 5.74) is 0. The molecule has 0 N–H and O–H groups in total. The Balaban J connectivity index is 1.42. The minimum atomic E-state index is 0.572. The fourth-order valence-electron chi connectivity index (χ4n) is 3.04. The lowest BCUT2D eigenvalue weighted by molar-refractivity contribution is 0.0931. The Morgan fingerprint density at radius 2 is 1.67 bits per heavy atom. The van der Waals surface area contributed by atoms with Gasteiger partial charge in [-0.25, -0.2) is 0 Å². The van der Waals surface area contributed by atoms with E-state index in [0.29, 0.717) is 6.10 Å². The monoisotopic (exact) mass is 210 g/mol. The summed E-state index contributed by atoms with van der Waals surface area (Å²) in [5.74, 6) is 0. The second-order valence-electron chi connectivity index (χ2n) is 5.23. The topological polar surface area (TPSA) is 19.0 Å². The molecule has 1 saturated carbocycles. The third-order valence-electron chi connectivity index (χ3n) is 4.11. The van der Waals surface area contributed by atoms with E-state index in [-0.39, 0.29) is 0 Å². The molecular formula is C12H22N2O. The van der Waals surface area contributed by atoms with Gasteiger partial charge >= 0.3 is 0 Å². The van der Waals surface area contributed by atoms with Crippen molar-refractivity contribution in [1.29, 1.82) is 0 Å². The van der Waals surface area contributed by atoms with E-state index >= 15 is 0 Å². The molecule has 1 unspecified atom stereocenters. The number of piperazine rings is 1. The van der Waals surface area contributed by atoms with Gasteiger partial charge in [0.15, 0.2) is 0 Å². The van der Waals surface area contributed by atoms with Gasteiger partial charge in [-0.3, -0.25) is 9.80 Å². The zero-order valence-corrected chi connectivity index (χ0v) is 9.53. The molecule has 3 heteroatoms. The molecule has 1 aliphatic carbocycles. The summed E-state index contributed by atoms with van der Waals surface area (Å²) in [6, 6.07) is 0.921. The molecule has 2 saturated heterocycles. The summed E-state index contributed by atoms with van der Waals surface area (Å²) in [4.78, 5) is 5.29. The van der Waals surface area contributed by atoms with Crippen LogP contribution in [0.4, 0.5) is 0 Å². The van der Waals surface area contributed by atoms with Crippen molar-refractivity contribution < 1.29 is 4.74 Å². The molecular weight excluding hydrogens is 188 g/mol. The third-order valence-corrected chi connectivity index (χ3v) is 4.11. The Labute approximate surface area is 92.4 Å². The first-order chi connectivity index (χ1) is 7.42. The van der Waals surface area contributed by atoms with Gasteiger partial charge in [-0.05, 0) is 12.8 Å². The molecule has 0 aromatic rings. The summed E-state index contributed by atoms with van der Waals surface area (Å²) < 4.78 is 5.28. The van der Waals surface area contributed by atoms with Crippen molar-refractivity contribution in [3.63, 3.8) is 0 Å². The van der Waals surface area contributed by atoms with Crippen LogP contribution in [0.15, 0.2) is 0 Å². The van der Waals surface area contributed by atoms with Crippen molar-refractivity contribution in [1.82, 2.24) is 9.80 Å². The molecule has 0 amide bonds. The minimum Gasteiger partial charge on any atom is -0.372 e. The van der Waals surface area contributed by atoms with Gasteiger partial charge in [-0.15, -0.1) is 0 Å². The maximum Gasteiger partial charge on any atom is 0.0936 e. The van der Waals surface area contributed by atoms with Gasteiger partial charge in [-0.2, -0.15) is 0 Å². The Morgan fingerprint density at radius 3 is 2.27 bits per heavy atom. The Kier molecular flexibility index (Phi) is 2.95. The second-order valence-corrected chi connectivity index (χ2v) is 5.23. The molecule has 1 atom stereocenters. The van der Waals surface area contributed by atoms with Crippen molar-refractivity contribution in [2.24, 2.45) is 0 Å². The summed E-state index contributed by atoms with van der Waals surface area (Å²) in [5, 5.41) is 0. The predicted molar refractivity (Wildman–Crippen MR) is 60.0 cm³/mol. The molecule has 0 radical (unpaired) electrons. The van der Waals surface area contributed by atoms with Gasteiger partial charge < -0.3 is 4.74 Å². The Bertz CT molecular complexity index is 204. The van der Waals surface area contributed by atoms with Crippen molar-refractivity contribution in [2.75, 3.05) is 39.3 Å². The normalized spacial score (nSPS) is 34.8. The van der Waals surface area contributed by atoms with Crippen molar-refractivity contribution in [3.05, 3.63) is 0 Å². The standard InChI is InChI=1S/C12H22N2O/c1-2-4-11(3-1)14-7-5-13(6-8-14)9-12-10-15-12/h11-12H,1-10H2. The van der Waals surface area contributed by atoms with Crippen molar-refractivity contribution >= 4 is 0 Å². The highest BCUT2D eigenvalue weighted by Gasteiger charge is 2.29. The van der Waals surface area contributed by atoms with Crippen LogP contribution in [-0.4, -0.2) is 61.3 Å². The summed E-state index contributed by atoms with van der Waals surface area (Å²) in [7, 11) is 0. The van der Waals surface area contributed by atoms with E-state index in [0.717, 1.165) is 12.6 Å². The van der Waals surface area contributed by atoms with E-state index in [1.807, 2.05) is 0 Å². The average Bonchev–Trinajstić information content (AvgIpc) is 2.92. The molecule has 2 heterocycles. The van der Waals surface area contributed by atoms with E-state index in [1.165, 1.54) is 58.4 Å². The molecule has 3 fully saturated rings. The van der Waals surface area contributed by atoms with E-state index in [4.69, 9.17) is 4.74 Å². The van der Waals surface area contributed by atoms with E-state index < -0.39 is 0 Å².